The van der Waals surface area contributed by atoms with Crippen LogP contribution in [0.15, 0.2) is 28.8 Å². The minimum absolute atomic E-state index is 0.0962. The van der Waals surface area contributed by atoms with Crippen LogP contribution >= 0.6 is 0 Å². The second-order valence-corrected chi connectivity index (χ2v) is 5.23. The predicted molar refractivity (Wildman–Crippen MR) is 70.0 cm³/mol. The summed E-state index contributed by atoms with van der Waals surface area (Å²) in [7, 11) is 0. The minimum Gasteiger partial charge on any atom is -0.359 e. The van der Waals surface area contributed by atoms with Gasteiger partial charge < -0.3 is 4.52 Å². The zero-order valence-corrected chi connectivity index (χ0v) is 11.3. The van der Waals surface area contributed by atoms with Crippen molar-refractivity contribution in [1.82, 2.24) is 10.1 Å². The summed E-state index contributed by atoms with van der Waals surface area (Å²) in [6.45, 7) is 3.10. The topological polar surface area (TPSA) is 29.3 Å². The Bertz CT molecular complexity index is 612. The van der Waals surface area contributed by atoms with Crippen molar-refractivity contribution in [2.24, 2.45) is 0 Å². The lowest BCUT2D eigenvalue weighted by Crippen LogP contribution is -2.23. The van der Waals surface area contributed by atoms with Gasteiger partial charge in [0.25, 0.3) is 0 Å². The van der Waals surface area contributed by atoms with E-state index in [2.05, 4.69) is 10.1 Å². The molecule has 20 heavy (non-hydrogen) atoms. The fourth-order valence-electron chi connectivity index (χ4n) is 2.76. The molecule has 3 nitrogen and oxygen atoms in total. The molecule has 0 bridgehead atoms. The van der Waals surface area contributed by atoms with Gasteiger partial charge in [0.2, 0.25) is 0 Å². The summed E-state index contributed by atoms with van der Waals surface area (Å²) in [6.07, 6.45) is 1.97. The third-order valence-corrected chi connectivity index (χ3v) is 3.72. The van der Waals surface area contributed by atoms with E-state index >= 15 is 0 Å². The number of rotatable bonds is 3. The Morgan fingerprint density at radius 3 is 2.95 bits per heavy atom. The number of benzene rings is 1. The van der Waals surface area contributed by atoms with Crippen LogP contribution in [0.2, 0.25) is 0 Å². The molecular weight excluding hydrogens is 262 g/mol. The van der Waals surface area contributed by atoms with Crippen LogP contribution in [0.4, 0.5) is 8.78 Å². The van der Waals surface area contributed by atoms with Gasteiger partial charge in [0.1, 0.15) is 11.6 Å². The number of aryl methyl sites for hydroxylation is 1. The molecule has 1 fully saturated rings. The first-order valence-electron chi connectivity index (χ1n) is 6.74. The van der Waals surface area contributed by atoms with Gasteiger partial charge in [-0.25, -0.2) is 8.78 Å². The van der Waals surface area contributed by atoms with E-state index in [0.29, 0.717) is 12.1 Å². The molecule has 0 spiro atoms. The molecule has 0 N–H and O–H groups in total. The van der Waals surface area contributed by atoms with Crippen molar-refractivity contribution >= 4 is 0 Å². The van der Waals surface area contributed by atoms with Crippen molar-refractivity contribution in [2.75, 3.05) is 6.54 Å². The molecular formula is C15H16F2N2O. The lowest BCUT2D eigenvalue weighted by molar-refractivity contribution is 0.204. The SMILES string of the molecule is Cc1cc([C@H]2CCCN2Cc2cc(F)ccc2F)on1. The van der Waals surface area contributed by atoms with Gasteiger partial charge in [-0.15, -0.1) is 0 Å². The fourth-order valence-corrected chi connectivity index (χ4v) is 2.76. The Balaban J connectivity index is 1.81. The van der Waals surface area contributed by atoms with E-state index in [-0.39, 0.29) is 11.9 Å². The summed E-state index contributed by atoms with van der Waals surface area (Å²) in [5, 5.41) is 3.90. The summed E-state index contributed by atoms with van der Waals surface area (Å²) < 4.78 is 32.3. The van der Waals surface area contributed by atoms with Gasteiger partial charge in [0, 0.05) is 18.2 Å². The van der Waals surface area contributed by atoms with Gasteiger partial charge in [0.05, 0.1) is 11.7 Å². The third kappa shape index (κ3) is 2.58. The summed E-state index contributed by atoms with van der Waals surface area (Å²) in [5.74, 6) is 0.0234. The van der Waals surface area contributed by atoms with Crippen molar-refractivity contribution in [3.05, 3.63) is 52.9 Å². The van der Waals surface area contributed by atoms with Crippen LogP contribution in [-0.2, 0) is 6.54 Å². The van der Waals surface area contributed by atoms with Crippen molar-refractivity contribution in [3.63, 3.8) is 0 Å². The maximum absolute atomic E-state index is 13.7. The highest BCUT2D eigenvalue weighted by atomic mass is 19.1. The average molecular weight is 278 g/mol. The smallest absolute Gasteiger partial charge is 0.154 e. The van der Waals surface area contributed by atoms with E-state index in [9.17, 15) is 8.78 Å². The molecule has 0 radical (unpaired) electrons. The molecule has 106 valence electrons. The van der Waals surface area contributed by atoms with Crippen LogP contribution < -0.4 is 0 Å². The van der Waals surface area contributed by atoms with E-state index < -0.39 is 5.82 Å². The first-order chi connectivity index (χ1) is 9.63. The van der Waals surface area contributed by atoms with Gasteiger partial charge in [-0.1, -0.05) is 5.16 Å². The van der Waals surface area contributed by atoms with Crippen molar-refractivity contribution in [1.29, 1.82) is 0 Å². The Morgan fingerprint density at radius 1 is 1.35 bits per heavy atom. The molecule has 0 aliphatic carbocycles. The van der Waals surface area contributed by atoms with Gasteiger partial charge in [0.15, 0.2) is 5.76 Å². The molecule has 0 amide bonds. The van der Waals surface area contributed by atoms with E-state index in [4.69, 9.17) is 4.52 Å². The van der Waals surface area contributed by atoms with Crippen LogP contribution in [0.1, 0.15) is 35.9 Å². The zero-order chi connectivity index (χ0) is 14.1. The Labute approximate surface area is 116 Å². The van der Waals surface area contributed by atoms with Gasteiger partial charge in [-0.2, -0.15) is 0 Å². The summed E-state index contributed by atoms with van der Waals surface area (Å²) >= 11 is 0. The number of nitrogens with zero attached hydrogens (tertiary/aromatic N) is 2. The number of hydrogen-bond donors (Lipinski definition) is 0. The molecule has 1 atom stereocenters. The molecule has 1 aliphatic heterocycles. The van der Waals surface area contributed by atoms with E-state index in [0.717, 1.165) is 36.9 Å². The van der Waals surface area contributed by atoms with E-state index in [1.165, 1.54) is 12.1 Å². The van der Waals surface area contributed by atoms with Crippen molar-refractivity contribution in [2.45, 2.75) is 32.4 Å². The third-order valence-electron chi connectivity index (χ3n) is 3.72. The van der Waals surface area contributed by atoms with Crippen molar-refractivity contribution < 1.29 is 13.3 Å². The highest BCUT2D eigenvalue weighted by Gasteiger charge is 2.29. The predicted octanol–water partition coefficient (Wildman–Crippen LogP) is 3.60. The van der Waals surface area contributed by atoms with Gasteiger partial charge >= 0.3 is 0 Å². The molecule has 2 heterocycles. The van der Waals surface area contributed by atoms with Crippen molar-refractivity contribution in [3.8, 4) is 0 Å². The van der Waals surface area contributed by atoms with Gasteiger partial charge in [-0.3, -0.25) is 4.90 Å². The van der Waals surface area contributed by atoms with Crippen LogP contribution in [0, 0.1) is 18.6 Å². The second kappa shape index (κ2) is 5.32. The molecule has 1 aromatic heterocycles. The number of aromatic nitrogens is 1. The summed E-state index contributed by atoms with van der Waals surface area (Å²) in [4.78, 5) is 2.11. The standard InChI is InChI=1S/C15H16F2N2O/c1-10-7-15(20-18-10)14-3-2-6-19(14)9-11-8-12(16)4-5-13(11)17/h4-5,7-8,14H,2-3,6,9H2,1H3/t14-/m1/s1. The average Bonchev–Trinajstić information content (AvgIpc) is 3.02. The van der Waals surface area contributed by atoms with Crippen LogP contribution in [0.3, 0.4) is 0 Å². The van der Waals surface area contributed by atoms with Crippen LogP contribution in [-0.4, -0.2) is 16.6 Å². The second-order valence-electron chi connectivity index (χ2n) is 5.23. The Kier molecular flexibility index (Phi) is 3.53. The van der Waals surface area contributed by atoms with Crippen LogP contribution in [0.25, 0.3) is 0 Å². The lowest BCUT2D eigenvalue weighted by atomic mass is 10.1. The molecule has 0 unspecified atom stereocenters. The summed E-state index contributed by atoms with van der Waals surface area (Å²) in [6, 6.07) is 5.58. The number of hydrogen-bond acceptors (Lipinski definition) is 3. The fraction of sp³-hybridized carbons (Fsp3) is 0.400. The monoisotopic (exact) mass is 278 g/mol. The first-order valence-corrected chi connectivity index (χ1v) is 6.74. The maximum Gasteiger partial charge on any atom is 0.154 e. The van der Waals surface area contributed by atoms with Crippen LogP contribution in [0.5, 0.6) is 0 Å². The van der Waals surface area contributed by atoms with Gasteiger partial charge in [-0.05, 0) is 44.5 Å². The zero-order valence-electron chi connectivity index (χ0n) is 11.3. The highest BCUT2D eigenvalue weighted by Crippen LogP contribution is 2.33. The lowest BCUT2D eigenvalue weighted by Gasteiger charge is -2.22. The van der Waals surface area contributed by atoms with E-state index in [1.54, 1.807) is 0 Å². The maximum atomic E-state index is 13.7. The Hall–Kier alpha value is -1.75. The molecule has 1 aliphatic rings. The number of likely N-dealkylation sites (tertiary alicyclic amines) is 1. The molecule has 1 saturated heterocycles. The van der Waals surface area contributed by atoms with E-state index in [1.807, 2.05) is 13.0 Å². The molecule has 0 saturated carbocycles. The highest BCUT2D eigenvalue weighted by molar-refractivity contribution is 5.19. The minimum atomic E-state index is -0.410. The molecule has 5 heteroatoms. The number of halogens is 2. The largest absolute Gasteiger partial charge is 0.359 e. The molecule has 1 aromatic carbocycles. The first kappa shape index (κ1) is 13.2. The Morgan fingerprint density at radius 2 is 2.20 bits per heavy atom. The molecule has 3 rings (SSSR count). The summed E-state index contributed by atoms with van der Waals surface area (Å²) in [5.41, 5.74) is 1.22. The molecule has 2 aromatic rings. The quantitative estimate of drug-likeness (QED) is 0.859. The normalized spacial score (nSPS) is 19.6.